The zero-order valence-electron chi connectivity index (χ0n) is 7.84. The second kappa shape index (κ2) is 3.56. The molecule has 84 valence electrons. The van der Waals surface area contributed by atoms with E-state index in [-0.39, 0.29) is 9.79 Å². The molecule has 0 aliphatic rings. The van der Waals surface area contributed by atoms with Gasteiger partial charge in [0.1, 0.15) is 0 Å². The third-order valence-corrected chi connectivity index (χ3v) is 3.76. The van der Waals surface area contributed by atoms with Crippen LogP contribution in [0.25, 0.3) is 0 Å². The van der Waals surface area contributed by atoms with Crippen LogP contribution in [0.15, 0.2) is 28.0 Å². The highest BCUT2D eigenvalue weighted by Crippen LogP contribution is 2.17. The first kappa shape index (κ1) is 12.1. The molecule has 0 bridgehead atoms. The fourth-order valence-electron chi connectivity index (χ4n) is 1.06. The molecule has 6 nitrogen and oxygen atoms in total. The summed E-state index contributed by atoms with van der Waals surface area (Å²) in [6.07, 6.45) is 0. The van der Waals surface area contributed by atoms with Gasteiger partial charge >= 0.3 is 0 Å². The molecule has 0 aliphatic carbocycles. The molecule has 1 aromatic carbocycles. The lowest BCUT2D eigenvalue weighted by atomic mass is 10.2. The molecule has 0 unspecified atom stereocenters. The lowest BCUT2D eigenvalue weighted by Gasteiger charge is -2.05. The third-order valence-electron chi connectivity index (χ3n) is 1.79. The highest BCUT2D eigenvalue weighted by molar-refractivity contribution is 7.90. The Morgan fingerprint density at radius 1 is 1.00 bits per heavy atom. The predicted molar refractivity (Wildman–Crippen MR) is 53.9 cm³/mol. The van der Waals surface area contributed by atoms with Crippen molar-refractivity contribution in [3.05, 3.63) is 23.8 Å². The molecule has 0 aliphatic heterocycles. The van der Waals surface area contributed by atoms with Crippen molar-refractivity contribution in [3.63, 3.8) is 0 Å². The van der Waals surface area contributed by atoms with Crippen LogP contribution in [0.4, 0.5) is 0 Å². The minimum Gasteiger partial charge on any atom is -0.225 e. The molecule has 1 aromatic rings. The summed E-state index contributed by atoms with van der Waals surface area (Å²) in [5.41, 5.74) is 0.366. The topological polar surface area (TPSA) is 120 Å². The smallest absolute Gasteiger partial charge is 0.225 e. The molecule has 0 aromatic heterocycles. The van der Waals surface area contributed by atoms with E-state index in [4.69, 9.17) is 10.3 Å². The lowest BCUT2D eigenvalue weighted by molar-refractivity contribution is 0.595. The van der Waals surface area contributed by atoms with Crippen LogP contribution in [0.1, 0.15) is 5.56 Å². The maximum Gasteiger partial charge on any atom is 0.238 e. The molecule has 0 saturated carbocycles. The minimum absolute atomic E-state index is 0.242. The highest BCUT2D eigenvalue weighted by atomic mass is 32.2. The summed E-state index contributed by atoms with van der Waals surface area (Å²) < 4.78 is 44.1. The van der Waals surface area contributed by atoms with Crippen molar-refractivity contribution in [2.75, 3.05) is 0 Å². The van der Waals surface area contributed by atoms with Crippen LogP contribution >= 0.6 is 0 Å². The summed E-state index contributed by atoms with van der Waals surface area (Å²) in [5, 5.41) is 9.76. The molecular weight excluding hydrogens is 240 g/mol. The van der Waals surface area contributed by atoms with Gasteiger partial charge in [-0.15, -0.1) is 0 Å². The first-order valence-electron chi connectivity index (χ1n) is 3.78. The van der Waals surface area contributed by atoms with E-state index in [9.17, 15) is 16.8 Å². The fourth-order valence-corrected chi connectivity index (χ4v) is 2.49. The Labute approximate surface area is 88.0 Å². The van der Waals surface area contributed by atoms with Gasteiger partial charge in [0, 0.05) is 0 Å². The summed E-state index contributed by atoms with van der Waals surface area (Å²) in [6, 6.07) is 3.50. The molecule has 0 atom stereocenters. The van der Waals surface area contributed by atoms with Crippen LogP contribution in [-0.4, -0.2) is 16.8 Å². The Balaban J connectivity index is 3.57. The number of benzene rings is 1. The van der Waals surface area contributed by atoms with Crippen LogP contribution in [0.3, 0.4) is 0 Å². The van der Waals surface area contributed by atoms with Gasteiger partial charge in [0.25, 0.3) is 0 Å². The average molecular weight is 250 g/mol. The summed E-state index contributed by atoms with van der Waals surface area (Å²) in [6.45, 7) is 1.51. The summed E-state index contributed by atoms with van der Waals surface area (Å²) in [5.74, 6) is 0. The van der Waals surface area contributed by atoms with Gasteiger partial charge in [-0.3, -0.25) is 0 Å². The Morgan fingerprint density at radius 2 is 1.53 bits per heavy atom. The van der Waals surface area contributed by atoms with E-state index in [2.05, 4.69) is 0 Å². The third kappa shape index (κ3) is 2.75. The lowest BCUT2D eigenvalue weighted by Crippen LogP contribution is -2.17. The van der Waals surface area contributed by atoms with E-state index < -0.39 is 20.0 Å². The van der Waals surface area contributed by atoms with Crippen LogP contribution < -0.4 is 10.3 Å². The number of aryl methyl sites for hydroxylation is 1. The largest absolute Gasteiger partial charge is 0.238 e. The average Bonchev–Trinajstić information content (AvgIpc) is 2.00. The molecule has 0 amide bonds. The van der Waals surface area contributed by atoms with E-state index in [1.54, 1.807) is 0 Å². The molecule has 0 fully saturated rings. The van der Waals surface area contributed by atoms with Crippen molar-refractivity contribution < 1.29 is 16.8 Å². The van der Waals surface area contributed by atoms with Crippen molar-refractivity contribution in [3.8, 4) is 0 Å². The van der Waals surface area contributed by atoms with Crippen molar-refractivity contribution in [1.82, 2.24) is 0 Å². The van der Waals surface area contributed by atoms with Gasteiger partial charge in [0.2, 0.25) is 20.0 Å². The number of nitrogens with two attached hydrogens (primary N) is 2. The van der Waals surface area contributed by atoms with Crippen LogP contribution in [-0.2, 0) is 20.0 Å². The van der Waals surface area contributed by atoms with Crippen LogP contribution in [0.2, 0.25) is 0 Å². The molecule has 15 heavy (non-hydrogen) atoms. The van der Waals surface area contributed by atoms with Crippen LogP contribution in [0, 0.1) is 6.92 Å². The van der Waals surface area contributed by atoms with Gasteiger partial charge < -0.3 is 0 Å². The van der Waals surface area contributed by atoms with Gasteiger partial charge in [-0.1, -0.05) is 6.07 Å². The van der Waals surface area contributed by atoms with Crippen LogP contribution in [0.5, 0.6) is 0 Å². The van der Waals surface area contributed by atoms with Crippen molar-refractivity contribution in [2.24, 2.45) is 10.3 Å². The molecular formula is C7H10N2O4S2. The molecule has 4 N–H and O–H groups in total. The SMILES string of the molecule is Cc1ccc(S(N)(=O)=O)cc1S(N)(=O)=O. The monoisotopic (exact) mass is 250 g/mol. The van der Waals surface area contributed by atoms with Crippen molar-refractivity contribution in [2.45, 2.75) is 16.7 Å². The van der Waals surface area contributed by atoms with E-state index in [1.807, 2.05) is 0 Å². The Bertz CT molecular complexity index is 589. The number of rotatable bonds is 2. The van der Waals surface area contributed by atoms with E-state index in [0.717, 1.165) is 6.07 Å². The van der Waals surface area contributed by atoms with Crippen molar-refractivity contribution >= 4 is 20.0 Å². The van der Waals surface area contributed by atoms with E-state index in [0.29, 0.717) is 5.56 Å². The maximum atomic E-state index is 11.1. The van der Waals surface area contributed by atoms with Gasteiger partial charge in [-0.25, -0.2) is 27.1 Å². The Hall–Kier alpha value is -0.960. The molecule has 0 heterocycles. The van der Waals surface area contributed by atoms with Gasteiger partial charge in [-0.2, -0.15) is 0 Å². The zero-order valence-corrected chi connectivity index (χ0v) is 9.47. The molecule has 0 spiro atoms. The quantitative estimate of drug-likeness (QED) is 0.720. The molecule has 0 radical (unpaired) electrons. The number of sulfonamides is 2. The molecule has 1 rings (SSSR count). The standard InChI is InChI=1S/C7H10N2O4S2/c1-5-2-3-6(14(8,10)11)4-7(5)15(9,12)13/h2-4H,1H3,(H2,8,10,11)(H2,9,12,13). The second-order valence-electron chi connectivity index (χ2n) is 3.02. The van der Waals surface area contributed by atoms with Gasteiger partial charge in [0.15, 0.2) is 0 Å². The Kier molecular flexibility index (Phi) is 2.88. The number of hydrogen-bond donors (Lipinski definition) is 2. The summed E-state index contributed by atoms with van der Waals surface area (Å²) in [4.78, 5) is -0.522. The van der Waals surface area contributed by atoms with Gasteiger partial charge in [0.05, 0.1) is 9.79 Å². The van der Waals surface area contributed by atoms with Crippen molar-refractivity contribution in [1.29, 1.82) is 0 Å². The normalized spacial score (nSPS) is 12.7. The summed E-state index contributed by atoms with van der Waals surface area (Å²) >= 11 is 0. The molecule has 0 saturated heterocycles. The Morgan fingerprint density at radius 3 is 1.93 bits per heavy atom. The summed E-state index contributed by atoms with van der Waals surface area (Å²) in [7, 11) is -7.86. The fraction of sp³-hybridized carbons (Fsp3) is 0.143. The first-order valence-corrected chi connectivity index (χ1v) is 6.88. The minimum atomic E-state index is -3.94. The predicted octanol–water partition coefficient (Wildman–Crippen LogP) is -0.710. The van der Waals surface area contributed by atoms with Gasteiger partial charge in [-0.05, 0) is 24.6 Å². The maximum absolute atomic E-state index is 11.1. The number of primary sulfonamides is 2. The van der Waals surface area contributed by atoms with E-state index in [1.165, 1.54) is 19.1 Å². The molecule has 8 heteroatoms. The first-order chi connectivity index (χ1) is 6.62. The zero-order chi connectivity index (χ0) is 11.9. The number of hydrogen-bond acceptors (Lipinski definition) is 4. The van der Waals surface area contributed by atoms with E-state index >= 15 is 0 Å². The second-order valence-corrected chi connectivity index (χ2v) is 6.11. The highest BCUT2D eigenvalue weighted by Gasteiger charge is 2.16.